The zero-order valence-electron chi connectivity index (χ0n) is 17.5. The molecule has 0 spiro atoms. The van der Waals surface area contributed by atoms with Crippen LogP contribution in [0.25, 0.3) is 0 Å². The molecule has 1 saturated heterocycles. The first-order valence-corrected chi connectivity index (χ1v) is 10.2. The highest BCUT2D eigenvalue weighted by Gasteiger charge is 2.16. The highest BCUT2D eigenvalue weighted by Crippen LogP contribution is 2.25. The molecule has 1 N–H and O–H groups in total. The van der Waals surface area contributed by atoms with Crippen LogP contribution in [0.3, 0.4) is 0 Å². The van der Waals surface area contributed by atoms with Gasteiger partial charge < -0.3 is 14.8 Å². The minimum atomic E-state index is -2.86. The molecule has 10 heteroatoms. The van der Waals surface area contributed by atoms with Gasteiger partial charge in [-0.2, -0.15) is 13.8 Å². The molecule has 1 aromatic heterocycles. The molecular formula is C21H27F2N5O3. The lowest BCUT2D eigenvalue weighted by atomic mass is 10.1. The van der Waals surface area contributed by atoms with E-state index in [-0.39, 0.29) is 19.2 Å². The number of carbonyl (C=O) groups is 1. The quantitative estimate of drug-likeness (QED) is 0.406. The van der Waals surface area contributed by atoms with Crippen LogP contribution >= 0.6 is 0 Å². The van der Waals surface area contributed by atoms with E-state index in [1.807, 2.05) is 12.1 Å². The number of nitrogens with one attached hydrogen (secondary N) is 1. The van der Waals surface area contributed by atoms with Crippen LogP contribution in [0.1, 0.15) is 24.0 Å². The van der Waals surface area contributed by atoms with Crippen molar-refractivity contribution < 1.29 is 23.0 Å². The molecule has 1 aliphatic rings. The van der Waals surface area contributed by atoms with E-state index in [0.29, 0.717) is 24.5 Å². The molecule has 1 aromatic carbocycles. The fourth-order valence-corrected chi connectivity index (χ4v) is 3.40. The van der Waals surface area contributed by atoms with E-state index in [4.69, 9.17) is 4.74 Å². The van der Waals surface area contributed by atoms with Crippen molar-refractivity contribution in [3.05, 3.63) is 41.6 Å². The fourth-order valence-electron chi connectivity index (χ4n) is 3.40. The van der Waals surface area contributed by atoms with Crippen LogP contribution < -0.4 is 15.0 Å². The summed E-state index contributed by atoms with van der Waals surface area (Å²) >= 11 is 0. The smallest absolute Gasteiger partial charge is 0.345 e. The Kier molecular flexibility index (Phi) is 8.48. The monoisotopic (exact) mass is 435 g/mol. The predicted octanol–water partition coefficient (Wildman–Crippen LogP) is 2.90. The van der Waals surface area contributed by atoms with E-state index >= 15 is 0 Å². The van der Waals surface area contributed by atoms with Gasteiger partial charge in [-0.15, -0.1) is 0 Å². The van der Waals surface area contributed by atoms with E-state index < -0.39 is 6.61 Å². The van der Waals surface area contributed by atoms with E-state index in [0.717, 1.165) is 25.2 Å². The molecule has 0 bridgehead atoms. The van der Waals surface area contributed by atoms with Crippen molar-refractivity contribution in [2.45, 2.75) is 32.5 Å². The molecule has 1 amide bonds. The highest BCUT2D eigenvalue weighted by molar-refractivity contribution is 5.80. The summed E-state index contributed by atoms with van der Waals surface area (Å²) in [4.78, 5) is 24.0. The molecule has 0 atom stereocenters. The largest absolute Gasteiger partial charge is 0.461 e. The zero-order chi connectivity index (χ0) is 22.1. The minimum absolute atomic E-state index is 0.0281. The maximum atomic E-state index is 12.0. The lowest BCUT2D eigenvalue weighted by Gasteiger charge is -2.20. The Bertz CT molecular complexity index is 832. The Morgan fingerprint density at radius 1 is 1.19 bits per heavy atom. The molecule has 2 heterocycles. The Morgan fingerprint density at radius 3 is 2.55 bits per heavy atom. The Hall–Kier alpha value is -2.85. The van der Waals surface area contributed by atoms with Crippen molar-refractivity contribution in [2.24, 2.45) is 0 Å². The number of benzene rings is 1. The number of carbonyl (C=O) groups excluding carboxylic acids is 1. The molecule has 168 valence electrons. The summed E-state index contributed by atoms with van der Waals surface area (Å²) < 4.78 is 33.5. The van der Waals surface area contributed by atoms with Crippen molar-refractivity contribution in [3.8, 4) is 6.01 Å². The van der Waals surface area contributed by atoms with Crippen molar-refractivity contribution in [2.75, 3.05) is 43.6 Å². The molecule has 1 fully saturated rings. The number of anilines is 2. The Morgan fingerprint density at radius 2 is 1.90 bits per heavy atom. The van der Waals surface area contributed by atoms with Crippen LogP contribution in [0, 0.1) is 0 Å². The van der Waals surface area contributed by atoms with E-state index in [2.05, 4.69) is 37.1 Å². The van der Waals surface area contributed by atoms with E-state index in [9.17, 15) is 13.6 Å². The van der Waals surface area contributed by atoms with Gasteiger partial charge in [0.2, 0.25) is 6.41 Å². The molecule has 2 aromatic rings. The number of amides is 1. The molecule has 31 heavy (non-hydrogen) atoms. The molecule has 8 nitrogen and oxygen atoms in total. The molecule has 0 unspecified atom stereocenters. The summed E-state index contributed by atoms with van der Waals surface area (Å²) in [5, 5.41) is 2.94. The number of halogens is 2. The van der Waals surface area contributed by atoms with Gasteiger partial charge >= 0.3 is 12.6 Å². The summed E-state index contributed by atoms with van der Waals surface area (Å²) in [6, 6.07) is 8.13. The van der Waals surface area contributed by atoms with Crippen molar-refractivity contribution in [1.82, 2.24) is 14.9 Å². The number of hydrogen-bond acceptors (Lipinski definition) is 7. The van der Waals surface area contributed by atoms with Gasteiger partial charge in [-0.1, -0.05) is 24.3 Å². The number of nitrogens with zero attached hydrogens (tertiary/aromatic N) is 4. The topological polar surface area (TPSA) is 79.8 Å². The van der Waals surface area contributed by atoms with Crippen molar-refractivity contribution in [3.63, 3.8) is 0 Å². The van der Waals surface area contributed by atoms with Gasteiger partial charge in [0.05, 0.1) is 25.0 Å². The van der Waals surface area contributed by atoms with Crippen LogP contribution in [0.5, 0.6) is 6.01 Å². The molecular weight excluding hydrogens is 408 g/mol. The number of rotatable bonds is 12. The normalized spacial score (nSPS) is 14.1. The lowest BCUT2D eigenvalue weighted by molar-refractivity contribution is -0.133. The zero-order valence-corrected chi connectivity index (χ0v) is 17.5. The second-order valence-electron chi connectivity index (χ2n) is 7.15. The van der Waals surface area contributed by atoms with Gasteiger partial charge in [-0.05, 0) is 37.1 Å². The van der Waals surface area contributed by atoms with Gasteiger partial charge in [0.25, 0.3) is 0 Å². The molecule has 0 radical (unpaired) electrons. The minimum Gasteiger partial charge on any atom is -0.461 e. The number of alkyl halides is 2. The lowest BCUT2D eigenvalue weighted by Crippen LogP contribution is -2.23. The van der Waals surface area contributed by atoms with Crippen LogP contribution in [-0.4, -0.2) is 61.2 Å². The third-order valence-corrected chi connectivity index (χ3v) is 4.95. The van der Waals surface area contributed by atoms with Gasteiger partial charge in [0, 0.05) is 13.6 Å². The van der Waals surface area contributed by atoms with Crippen LogP contribution in [0.15, 0.2) is 30.5 Å². The van der Waals surface area contributed by atoms with Crippen LogP contribution in [0.2, 0.25) is 0 Å². The SMILES string of the molecule is CNc1cnc(OCCOC(F)F)nc1N(C=O)Cc1ccc(CN2CCCC2)cc1. The number of ether oxygens (including phenoxy) is 2. The first-order chi connectivity index (χ1) is 15.1. The first-order valence-electron chi connectivity index (χ1n) is 10.2. The second-order valence-corrected chi connectivity index (χ2v) is 7.15. The summed E-state index contributed by atoms with van der Waals surface area (Å²) in [6.07, 6.45) is 4.67. The fraction of sp³-hybridized carbons (Fsp3) is 0.476. The van der Waals surface area contributed by atoms with Gasteiger partial charge in [-0.25, -0.2) is 4.98 Å². The Balaban J connectivity index is 1.65. The average Bonchev–Trinajstić information content (AvgIpc) is 3.29. The first kappa shape index (κ1) is 22.8. The van der Waals surface area contributed by atoms with Gasteiger partial charge in [-0.3, -0.25) is 14.6 Å². The van der Waals surface area contributed by atoms with Gasteiger partial charge in [0.1, 0.15) is 6.61 Å². The average molecular weight is 435 g/mol. The third kappa shape index (κ3) is 6.83. The molecule has 1 aliphatic heterocycles. The van der Waals surface area contributed by atoms with E-state index in [1.54, 1.807) is 7.05 Å². The maximum absolute atomic E-state index is 12.0. The summed E-state index contributed by atoms with van der Waals surface area (Å²) in [6.45, 7) is 0.225. The summed E-state index contributed by atoms with van der Waals surface area (Å²) in [5.74, 6) is 0.332. The van der Waals surface area contributed by atoms with Crippen LogP contribution in [-0.2, 0) is 22.6 Å². The number of hydrogen-bond donors (Lipinski definition) is 1. The third-order valence-electron chi connectivity index (χ3n) is 4.95. The van der Waals surface area contributed by atoms with Crippen molar-refractivity contribution in [1.29, 1.82) is 0 Å². The van der Waals surface area contributed by atoms with Crippen LogP contribution in [0.4, 0.5) is 20.3 Å². The summed E-state index contributed by atoms with van der Waals surface area (Å²) in [5.41, 5.74) is 2.72. The molecule has 0 aliphatic carbocycles. The maximum Gasteiger partial charge on any atom is 0.345 e. The van der Waals surface area contributed by atoms with E-state index in [1.165, 1.54) is 29.5 Å². The van der Waals surface area contributed by atoms with Crippen molar-refractivity contribution >= 4 is 17.9 Å². The highest BCUT2D eigenvalue weighted by atomic mass is 19.3. The number of likely N-dealkylation sites (tertiary alicyclic amines) is 1. The summed E-state index contributed by atoms with van der Waals surface area (Å²) in [7, 11) is 1.69. The Labute approximate surface area is 180 Å². The molecule has 3 rings (SSSR count). The second kappa shape index (κ2) is 11.5. The molecule has 0 saturated carbocycles. The van der Waals surface area contributed by atoms with Gasteiger partial charge in [0.15, 0.2) is 5.82 Å². The number of aromatic nitrogens is 2. The standard InChI is InChI=1S/C21H27F2N5O3/c1-24-18-12-25-21(31-11-10-30-20(22)23)26-19(18)28(15-29)14-17-6-4-16(5-7-17)13-27-8-2-3-9-27/h4-7,12,15,20,24H,2-3,8-11,13-14H2,1H3. The predicted molar refractivity (Wildman–Crippen MR) is 112 cm³/mol.